The van der Waals surface area contributed by atoms with E-state index in [2.05, 4.69) is 25.5 Å². The highest BCUT2D eigenvalue weighted by molar-refractivity contribution is 5.97. The molecule has 3 N–H and O–H groups in total. The van der Waals surface area contributed by atoms with Crippen LogP contribution in [0.5, 0.6) is 0 Å². The molecule has 0 bridgehead atoms. The fourth-order valence-corrected chi connectivity index (χ4v) is 5.75. The van der Waals surface area contributed by atoms with E-state index in [1.165, 1.54) is 18.6 Å². The van der Waals surface area contributed by atoms with E-state index in [1.807, 2.05) is 49.4 Å². The summed E-state index contributed by atoms with van der Waals surface area (Å²) in [4.78, 5) is 30.3. The Hall–Kier alpha value is -4.92. The van der Waals surface area contributed by atoms with E-state index in [0.717, 1.165) is 64.5 Å². The first kappa shape index (κ1) is 25.1. The van der Waals surface area contributed by atoms with Crippen LogP contribution in [-0.2, 0) is 4.79 Å². The molecule has 1 aliphatic carbocycles. The summed E-state index contributed by atoms with van der Waals surface area (Å²) >= 11 is 0. The molecule has 6 aromatic rings. The Balaban J connectivity index is 1.23. The van der Waals surface area contributed by atoms with Gasteiger partial charge in [0.1, 0.15) is 11.3 Å². The summed E-state index contributed by atoms with van der Waals surface area (Å²) in [6.07, 6.45) is 8.68. The van der Waals surface area contributed by atoms with Crippen LogP contribution in [0, 0.1) is 18.7 Å². The second-order valence-electron chi connectivity index (χ2n) is 10.8. The third-order valence-corrected chi connectivity index (χ3v) is 7.78. The third-order valence-electron chi connectivity index (χ3n) is 7.78. The van der Waals surface area contributed by atoms with Crippen LogP contribution >= 0.6 is 0 Å². The maximum Gasteiger partial charge on any atom is 0.227 e. The van der Waals surface area contributed by atoms with Gasteiger partial charge in [0, 0.05) is 23.2 Å². The lowest BCUT2D eigenvalue weighted by Crippen LogP contribution is -2.24. The van der Waals surface area contributed by atoms with Crippen LogP contribution in [-0.4, -0.2) is 36.0 Å². The predicted octanol–water partition coefficient (Wildman–Crippen LogP) is 7.20. The Morgan fingerprint density at radius 2 is 1.80 bits per heavy atom. The molecular formula is C32H28FN7O. The smallest absolute Gasteiger partial charge is 0.227 e. The van der Waals surface area contributed by atoms with Crippen LogP contribution < -0.4 is 5.32 Å². The van der Waals surface area contributed by atoms with Crippen molar-refractivity contribution in [2.75, 3.05) is 5.32 Å². The summed E-state index contributed by atoms with van der Waals surface area (Å²) < 4.78 is 14.2. The van der Waals surface area contributed by atoms with Crippen molar-refractivity contribution in [2.24, 2.45) is 5.92 Å². The predicted molar refractivity (Wildman–Crippen MR) is 158 cm³/mol. The topological polar surface area (TPSA) is 112 Å². The second kappa shape index (κ2) is 10.2. The number of nitrogens with one attached hydrogen (secondary N) is 3. The van der Waals surface area contributed by atoms with E-state index < -0.39 is 0 Å². The Kier molecular flexibility index (Phi) is 6.26. The molecule has 4 heterocycles. The van der Waals surface area contributed by atoms with Gasteiger partial charge in [0.2, 0.25) is 5.91 Å². The molecule has 0 saturated heterocycles. The monoisotopic (exact) mass is 545 g/mol. The lowest BCUT2D eigenvalue weighted by atomic mass is 9.88. The van der Waals surface area contributed by atoms with Crippen LogP contribution in [0.4, 0.5) is 10.1 Å². The number of H-pyrrole nitrogens is 2. The van der Waals surface area contributed by atoms with Gasteiger partial charge < -0.3 is 10.3 Å². The molecule has 0 atom stereocenters. The molecule has 7 rings (SSSR count). The van der Waals surface area contributed by atoms with Gasteiger partial charge in [-0.15, -0.1) is 0 Å². The lowest BCUT2D eigenvalue weighted by Gasteiger charge is -2.20. The number of hydrogen-bond donors (Lipinski definition) is 3. The average molecular weight is 546 g/mol. The molecule has 1 saturated carbocycles. The van der Waals surface area contributed by atoms with Gasteiger partial charge in [-0.25, -0.2) is 14.4 Å². The first-order chi connectivity index (χ1) is 20.0. The minimum absolute atomic E-state index is 0.0573. The minimum Gasteiger partial charge on any atom is -0.336 e. The summed E-state index contributed by atoms with van der Waals surface area (Å²) in [5, 5.41) is 10.6. The van der Waals surface area contributed by atoms with E-state index in [9.17, 15) is 9.18 Å². The number of pyridine rings is 2. The first-order valence-corrected chi connectivity index (χ1v) is 13.9. The maximum atomic E-state index is 14.2. The van der Waals surface area contributed by atoms with Gasteiger partial charge in [0.05, 0.1) is 34.1 Å². The molecule has 41 heavy (non-hydrogen) atoms. The summed E-state index contributed by atoms with van der Waals surface area (Å²) in [6.45, 7) is 1.87. The standard InChI is InChI=1S/C32H28FN7O/c1-18-12-20(14-22(33)13-18)24-8-5-9-26-28(24)38-31(37-26)30-29-27(39-40-30)11-10-25(36-29)21-15-23(17-34-16-21)35-32(41)19-6-3-2-4-7-19/h5,8-17,19H,2-4,6-7H2,1H3,(H,35,41)(H,37,38)(H,39,40). The van der Waals surface area contributed by atoms with Crippen LogP contribution in [0.25, 0.3) is 56.0 Å². The molecule has 0 unspecified atom stereocenters. The molecule has 0 spiro atoms. The molecule has 9 heteroatoms. The molecule has 2 aromatic carbocycles. The zero-order valence-electron chi connectivity index (χ0n) is 22.5. The van der Waals surface area contributed by atoms with Crippen molar-refractivity contribution in [2.45, 2.75) is 39.0 Å². The Bertz CT molecular complexity index is 1900. The second-order valence-corrected chi connectivity index (χ2v) is 10.8. The van der Waals surface area contributed by atoms with Crippen molar-refractivity contribution < 1.29 is 9.18 Å². The highest BCUT2D eigenvalue weighted by atomic mass is 19.1. The van der Waals surface area contributed by atoms with E-state index in [-0.39, 0.29) is 17.6 Å². The number of benzene rings is 2. The van der Waals surface area contributed by atoms with Crippen molar-refractivity contribution in [3.63, 3.8) is 0 Å². The van der Waals surface area contributed by atoms with Crippen LogP contribution in [0.1, 0.15) is 37.7 Å². The third kappa shape index (κ3) is 4.84. The van der Waals surface area contributed by atoms with Gasteiger partial charge in [-0.1, -0.05) is 37.5 Å². The molecule has 1 aliphatic rings. The first-order valence-electron chi connectivity index (χ1n) is 13.9. The summed E-state index contributed by atoms with van der Waals surface area (Å²) in [5.74, 6) is 0.393. The van der Waals surface area contributed by atoms with Gasteiger partial charge in [0.15, 0.2) is 11.5 Å². The highest BCUT2D eigenvalue weighted by Crippen LogP contribution is 2.33. The van der Waals surface area contributed by atoms with Gasteiger partial charge in [-0.05, 0) is 67.3 Å². The number of hydrogen-bond acceptors (Lipinski definition) is 5. The Morgan fingerprint density at radius 1 is 0.927 bits per heavy atom. The molecule has 0 radical (unpaired) electrons. The largest absolute Gasteiger partial charge is 0.336 e. The van der Waals surface area contributed by atoms with Crippen molar-refractivity contribution >= 4 is 33.7 Å². The zero-order valence-corrected chi connectivity index (χ0v) is 22.5. The number of amides is 1. The highest BCUT2D eigenvalue weighted by Gasteiger charge is 2.22. The van der Waals surface area contributed by atoms with Crippen LogP contribution in [0.15, 0.2) is 67.0 Å². The van der Waals surface area contributed by atoms with E-state index in [4.69, 9.17) is 9.97 Å². The summed E-state index contributed by atoms with van der Waals surface area (Å²) in [6, 6.07) is 16.5. The number of nitrogens with zero attached hydrogens (tertiary/aromatic N) is 4. The normalized spacial score (nSPS) is 14.1. The summed E-state index contributed by atoms with van der Waals surface area (Å²) in [7, 11) is 0. The number of fused-ring (bicyclic) bond motifs is 2. The minimum atomic E-state index is -0.283. The van der Waals surface area contributed by atoms with Crippen molar-refractivity contribution in [1.82, 2.24) is 30.1 Å². The van der Waals surface area contributed by atoms with E-state index in [1.54, 1.807) is 12.4 Å². The van der Waals surface area contributed by atoms with Crippen LogP contribution in [0.2, 0.25) is 0 Å². The molecular weight excluding hydrogens is 517 g/mol. The number of para-hydroxylation sites is 1. The van der Waals surface area contributed by atoms with Crippen molar-refractivity contribution in [1.29, 1.82) is 0 Å². The lowest BCUT2D eigenvalue weighted by molar-refractivity contribution is -0.120. The van der Waals surface area contributed by atoms with Crippen molar-refractivity contribution in [3.05, 3.63) is 78.4 Å². The molecule has 0 aliphatic heterocycles. The van der Waals surface area contributed by atoms with Gasteiger partial charge in [-0.2, -0.15) is 5.10 Å². The van der Waals surface area contributed by atoms with Crippen LogP contribution in [0.3, 0.4) is 0 Å². The van der Waals surface area contributed by atoms with E-state index in [0.29, 0.717) is 28.4 Å². The van der Waals surface area contributed by atoms with Gasteiger partial charge >= 0.3 is 0 Å². The fourth-order valence-electron chi connectivity index (χ4n) is 5.75. The van der Waals surface area contributed by atoms with Crippen molar-refractivity contribution in [3.8, 4) is 33.9 Å². The Morgan fingerprint density at radius 3 is 2.66 bits per heavy atom. The quantitative estimate of drug-likeness (QED) is 0.212. The number of halogens is 1. The maximum absolute atomic E-state index is 14.2. The number of aromatic nitrogens is 6. The number of aromatic amines is 2. The Labute approximate surface area is 235 Å². The molecule has 1 fully saturated rings. The van der Waals surface area contributed by atoms with Gasteiger partial charge in [-0.3, -0.25) is 14.9 Å². The molecule has 1 amide bonds. The number of rotatable bonds is 5. The van der Waals surface area contributed by atoms with Gasteiger partial charge in [0.25, 0.3) is 0 Å². The number of carbonyl (C=O) groups excluding carboxylic acids is 1. The SMILES string of the molecule is Cc1cc(F)cc(-c2cccc3[nH]c(-c4n[nH]c5ccc(-c6cncc(NC(=O)C7CCCCC7)c6)nc45)nc23)c1. The zero-order chi connectivity index (χ0) is 27.9. The summed E-state index contributed by atoms with van der Waals surface area (Å²) in [5.41, 5.74) is 8.13. The fraction of sp³-hybridized carbons (Fsp3) is 0.219. The number of aryl methyl sites for hydroxylation is 1. The average Bonchev–Trinajstić information content (AvgIpc) is 3.61. The molecule has 8 nitrogen and oxygen atoms in total. The number of carbonyl (C=O) groups is 1. The van der Waals surface area contributed by atoms with E-state index >= 15 is 0 Å². The number of anilines is 1. The molecule has 204 valence electrons. The number of imidazole rings is 1. The molecule has 4 aromatic heterocycles.